The Bertz CT molecular complexity index is 369. The van der Waals surface area contributed by atoms with Crippen molar-refractivity contribution in [2.24, 2.45) is 5.84 Å². The fourth-order valence-electron chi connectivity index (χ4n) is 1.50. The van der Waals surface area contributed by atoms with Crippen molar-refractivity contribution in [3.8, 4) is 0 Å². The van der Waals surface area contributed by atoms with Gasteiger partial charge in [0.15, 0.2) is 0 Å². The Labute approximate surface area is 80.3 Å². The predicted octanol–water partition coefficient (Wildman–Crippen LogP) is -0.949. The lowest BCUT2D eigenvalue weighted by molar-refractivity contribution is 0.861. The molecule has 7 nitrogen and oxygen atoms in total. The number of anilines is 2. The molecule has 1 aromatic heterocycles. The number of aromatic amines is 1. The molecular formula is C7H12N6O. The second kappa shape index (κ2) is 3.62. The van der Waals surface area contributed by atoms with Crippen molar-refractivity contribution >= 4 is 11.9 Å². The first-order valence-electron chi connectivity index (χ1n) is 4.49. The summed E-state index contributed by atoms with van der Waals surface area (Å²) in [6.07, 6.45) is 2.23. The van der Waals surface area contributed by atoms with Gasteiger partial charge in [0.2, 0.25) is 11.9 Å². The number of nitrogens with one attached hydrogen (secondary N) is 2. The number of hydrazine groups is 1. The van der Waals surface area contributed by atoms with Gasteiger partial charge in [-0.1, -0.05) is 0 Å². The molecule has 1 aliphatic heterocycles. The number of nitrogens with zero attached hydrogens (tertiary/aromatic N) is 3. The number of aromatic nitrogens is 3. The van der Waals surface area contributed by atoms with E-state index in [1.165, 1.54) is 0 Å². The largest absolute Gasteiger partial charge is 0.351 e. The van der Waals surface area contributed by atoms with Gasteiger partial charge in [0.25, 0.3) is 0 Å². The van der Waals surface area contributed by atoms with Gasteiger partial charge in [0.1, 0.15) is 0 Å². The zero-order valence-corrected chi connectivity index (χ0v) is 7.66. The third-order valence-electron chi connectivity index (χ3n) is 2.16. The van der Waals surface area contributed by atoms with Crippen molar-refractivity contribution in [3.63, 3.8) is 0 Å². The molecule has 0 aliphatic carbocycles. The number of rotatable bonds is 2. The van der Waals surface area contributed by atoms with Crippen LogP contribution in [0.25, 0.3) is 0 Å². The van der Waals surface area contributed by atoms with Crippen molar-refractivity contribution in [2.45, 2.75) is 12.8 Å². The van der Waals surface area contributed by atoms with Crippen LogP contribution in [0.15, 0.2) is 4.79 Å². The molecule has 0 bridgehead atoms. The minimum absolute atomic E-state index is 0.243. The first-order chi connectivity index (χ1) is 6.79. The van der Waals surface area contributed by atoms with E-state index in [2.05, 4.69) is 20.4 Å². The minimum atomic E-state index is -0.435. The maximum atomic E-state index is 11.1. The molecule has 0 radical (unpaired) electrons. The van der Waals surface area contributed by atoms with Gasteiger partial charge in [-0.05, 0) is 12.8 Å². The molecule has 76 valence electrons. The van der Waals surface area contributed by atoms with Crippen LogP contribution in [0.3, 0.4) is 0 Å². The average molecular weight is 196 g/mol. The molecule has 14 heavy (non-hydrogen) atoms. The van der Waals surface area contributed by atoms with E-state index in [0.29, 0.717) is 5.95 Å². The van der Waals surface area contributed by atoms with E-state index in [0.717, 1.165) is 25.9 Å². The smallest absolute Gasteiger partial charge is 0.341 e. The summed E-state index contributed by atoms with van der Waals surface area (Å²) in [5, 5.41) is 0. The summed E-state index contributed by atoms with van der Waals surface area (Å²) in [4.78, 5) is 23.3. The molecule has 4 N–H and O–H groups in total. The van der Waals surface area contributed by atoms with Gasteiger partial charge in [0.05, 0.1) is 0 Å². The number of hydrogen-bond donors (Lipinski definition) is 3. The maximum Gasteiger partial charge on any atom is 0.351 e. The Morgan fingerprint density at radius 2 is 2.07 bits per heavy atom. The van der Waals surface area contributed by atoms with Gasteiger partial charge in [-0.15, -0.1) is 0 Å². The lowest BCUT2D eigenvalue weighted by Gasteiger charge is -2.14. The van der Waals surface area contributed by atoms with Crippen LogP contribution in [0.4, 0.5) is 11.9 Å². The summed E-state index contributed by atoms with van der Waals surface area (Å²) in [6.45, 7) is 1.79. The van der Waals surface area contributed by atoms with Gasteiger partial charge in [-0.25, -0.2) is 10.6 Å². The highest BCUT2D eigenvalue weighted by Gasteiger charge is 2.15. The zero-order chi connectivity index (χ0) is 9.97. The Balaban J connectivity index is 2.32. The lowest BCUT2D eigenvalue weighted by atomic mass is 10.4. The summed E-state index contributed by atoms with van der Waals surface area (Å²) >= 11 is 0. The zero-order valence-electron chi connectivity index (χ0n) is 7.66. The molecule has 0 aromatic carbocycles. The van der Waals surface area contributed by atoms with Crippen LogP contribution >= 0.6 is 0 Å². The van der Waals surface area contributed by atoms with Gasteiger partial charge < -0.3 is 4.90 Å². The molecule has 0 atom stereocenters. The molecule has 1 saturated heterocycles. The van der Waals surface area contributed by atoms with E-state index in [1.54, 1.807) is 0 Å². The summed E-state index contributed by atoms with van der Waals surface area (Å²) in [5.41, 5.74) is 1.86. The summed E-state index contributed by atoms with van der Waals surface area (Å²) in [6, 6.07) is 0. The first kappa shape index (κ1) is 8.95. The Hall–Kier alpha value is -1.63. The average Bonchev–Trinajstić information content (AvgIpc) is 2.69. The van der Waals surface area contributed by atoms with Gasteiger partial charge in [0, 0.05) is 13.1 Å². The predicted molar refractivity (Wildman–Crippen MR) is 51.9 cm³/mol. The topological polar surface area (TPSA) is 99.9 Å². The lowest BCUT2D eigenvalue weighted by Crippen LogP contribution is -2.27. The molecule has 1 aromatic rings. The molecular weight excluding hydrogens is 184 g/mol. The maximum absolute atomic E-state index is 11.1. The molecule has 0 unspecified atom stereocenters. The molecule has 0 spiro atoms. The number of nitrogen functional groups attached to an aromatic ring is 1. The van der Waals surface area contributed by atoms with Crippen LogP contribution < -0.4 is 21.9 Å². The van der Waals surface area contributed by atoms with Crippen molar-refractivity contribution in [1.29, 1.82) is 0 Å². The van der Waals surface area contributed by atoms with E-state index >= 15 is 0 Å². The normalized spacial score (nSPS) is 15.9. The van der Waals surface area contributed by atoms with Crippen molar-refractivity contribution < 1.29 is 0 Å². The van der Waals surface area contributed by atoms with Crippen molar-refractivity contribution in [2.75, 3.05) is 23.4 Å². The van der Waals surface area contributed by atoms with E-state index < -0.39 is 5.69 Å². The third-order valence-corrected chi connectivity index (χ3v) is 2.16. The van der Waals surface area contributed by atoms with Gasteiger partial charge in [-0.2, -0.15) is 9.97 Å². The standard InChI is InChI=1S/C7H12N6O/c8-12-5-9-6(11-7(14)10-5)13-3-1-2-4-13/h1-4,8H2,(H2,9,10,11,12,14). The van der Waals surface area contributed by atoms with Crippen LogP contribution in [0.2, 0.25) is 0 Å². The minimum Gasteiger partial charge on any atom is -0.341 e. The third kappa shape index (κ3) is 1.67. The summed E-state index contributed by atoms with van der Waals surface area (Å²) < 4.78 is 0. The van der Waals surface area contributed by atoms with E-state index in [4.69, 9.17) is 5.84 Å². The van der Waals surface area contributed by atoms with Crippen LogP contribution in [0.1, 0.15) is 12.8 Å². The number of nitrogens with two attached hydrogens (primary N) is 1. The Morgan fingerprint density at radius 3 is 2.71 bits per heavy atom. The summed E-state index contributed by atoms with van der Waals surface area (Å²) in [7, 11) is 0. The monoisotopic (exact) mass is 196 g/mol. The molecule has 1 fully saturated rings. The van der Waals surface area contributed by atoms with E-state index in [-0.39, 0.29) is 5.95 Å². The van der Waals surface area contributed by atoms with Crippen LogP contribution in [-0.4, -0.2) is 28.0 Å². The van der Waals surface area contributed by atoms with Crippen molar-refractivity contribution in [1.82, 2.24) is 15.0 Å². The molecule has 0 amide bonds. The quantitative estimate of drug-likeness (QED) is 0.416. The second-order valence-electron chi connectivity index (χ2n) is 3.14. The van der Waals surface area contributed by atoms with Gasteiger partial charge in [-0.3, -0.25) is 10.4 Å². The first-order valence-corrected chi connectivity index (χ1v) is 4.49. The summed E-state index contributed by atoms with van der Waals surface area (Å²) in [5.74, 6) is 5.84. The van der Waals surface area contributed by atoms with Crippen LogP contribution in [0, 0.1) is 0 Å². The molecule has 2 heterocycles. The van der Waals surface area contributed by atoms with Crippen LogP contribution in [-0.2, 0) is 0 Å². The highest BCUT2D eigenvalue weighted by atomic mass is 16.1. The molecule has 1 aliphatic rings. The highest BCUT2D eigenvalue weighted by molar-refractivity contribution is 5.35. The Morgan fingerprint density at radius 1 is 1.36 bits per heavy atom. The number of H-pyrrole nitrogens is 1. The Kier molecular flexibility index (Phi) is 2.32. The SMILES string of the molecule is NNc1nc(N2CCCC2)nc(=O)[nH]1. The molecule has 2 rings (SSSR count). The highest BCUT2D eigenvalue weighted by Crippen LogP contribution is 2.14. The van der Waals surface area contributed by atoms with Crippen LogP contribution in [0.5, 0.6) is 0 Å². The fraction of sp³-hybridized carbons (Fsp3) is 0.571. The van der Waals surface area contributed by atoms with E-state index in [9.17, 15) is 4.79 Å². The molecule has 0 saturated carbocycles. The van der Waals surface area contributed by atoms with Gasteiger partial charge >= 0.3 is 5.69 Å². The number of hydrogen-bond acceptors (Lipinski definition) is 6. The molecule has 7 heteroatoms. The van der Waals surface area contributed by atoms with E-state index in [1.807, 2.05) is 4.90 Å². The second-order valence-corrected chi connectivity index (χ2v) is 3.14. The fourth-order valence-corrected chi connectivity index (χ4v) is 1.50. The van der Waals surface area contributed by atoms with Crippen molar-refractivity contribution in [3.05, 3.63) is 10.5 Å².